The van der Waals surface area contributed by atoms with Crippen LogP contribution in [0, 0.1) is 6.92 Å². The van der Waals surface area contributed by atoms with E-state index in [1.165, 1.54) is 0 Å². The molecule has 5 nitrogen and oxygen atoms in total. The van der Waals surface area contributed by atoms with E-state index in [1.807, 2.05) is 6.92 Å². The summed E-state index contributed by atoms with van der Waals surface area (Å²) in [5.41, 5.74) is 0. The van der Waals surface area contributed by atoms with Gasteiger partial charge in [0.2, 0.25) is 5.95 Å². The summed E-state index contributed by atoms with van der Waals surface area (Å²) in [6.45, 7) is 1.88. The van der Waals surface area contributed by atoms with Crippen molar-refractivity contribution in [3.05, 3.63) is 28.9 Å². The van der Waals surface area contributed by atoms with E-state index in [0.717, 1.165) is 10.3 Å². The van der Waals surface area contributed by atoms with E-state index in [4.69, 9.17) is 0 Å². The van der Waals surface area contributed by atoms with Gasteiger partial charge in [0, 0.05) is 18.6 Å². The fourth-order valence-electron chi connectivity index (χ4n) is 0.973. The molecule has 0 saturated carbocycles. The van der Waals surface area contributed by atoms with Gasteiger partial charge in [0.25, 0.3) is 0 Å². The van der Waals surface area contributed by atoms with Gasteiger partial charge in [-0.1, -0.05) is 0 Å². The van der Waals surface area contributed by atoms with Crippen molar-refractivity contribution in [3.63, 3.8) is 0 Å². The SMILES string of the molecule is Cc1nc(Nc2ncc(Br)cn2)c[nH]1. The molecule has 14 heavy (non-hydrogen) atoms. The number of hydrogen-bond donors (Lipinski definition) is 2. The Balaban J connectivity index is 2.15. The van der Waals surface area contributed by atoms with Crippen LogP contribution >= 0.6 is 15.9 Å². The number of aromatic nitrogens is 4. The summed E-state index contributed by atoms with van der Waals surface area (Å²) in [4.78, 5) is 15.3. The Labute approximate surface area is 89.1 Å². The van der Waals surface area contributed by atoms with Crippen LogP contribution in [0.1, 0.15) is 5.82 Å². The van der Waals surface area contributed by atoms with Crippen LogP contribution in [0.25, 0.3) is 0 Å². The van der Waals surface area contributed by atoms with Gasteiger partial charge < -0.3 is 10.3 Å². The van der Waals surface area contributed by atoms with Gasteiger partial charge in [-0.3, -0.25) is 0 Å². The zero-order chi connectivity index (χ0) is 9.97. The Bertz CT molecular complexity index is 422. The number of rotatable bonds is 2. The van der Waals surface area contributed by atoms with E-state index < -0.39 is 0 Å². The summed E-state index contributed by atoms with van der Waals surface area (Å²) in [7, 11) is 0. The van der Waals surface area contributed by atoms with E-state index in [9.17, 15) is 0 Å². The Morgan fingerprint density at radius 1 is 1.36 bits per heavy atom. The van der Waals surface area contributed by atoms with Gasteiger partial charge in [-0.25, -0.2) is 15.0 Å². The van der Waals surface area contributed by atoms with Gasteiger partial charge in [0.1, 0.15) is 5.82 Å². The third kappa shape index (κ3) is 2.08. The van der Waals surface area contributed by atoms with Crippen LogP contribution in [-0.4, -0.2) is 19.9 Å². The lowest BCUT2D eigenvalue weighted by molar-refractivity contribution is 1.12. The molecule has 0 amide bonds. The van der Waals surface area contributed by atoms with Crippen LogP contribution in [0.4, 0.5) is 11.8 Å². The second kappa shape index (κ2) is 3.75. The highest BCUT2D eigenvalue weighted by atomic mass is 79.9. The van der Waals surface area contributed by atoms with Crippen molar-refractivity contribution < 1.29 is 0 Å². The zero-order valence-corrected chi connectivity index (χ0v) is 9.04. The number of anilines is 2. The molecule has 0 spiro atoms. The molecule has 2 aromatic rings. The summed E-state index contributed by atoms with van der Waals surface area (Å²) >= 11 is 3.26. The quantitative estimate of drug-likeness (QED) is 0.860. The van der Waals surface area contributed by atoms with E-state index in [2.05, 4.69) is 41.2 Å². The van der Waals surface area contributed by atoms with Crippen LogP contribution in [0.2, 0.25) is 0 Å². The lowest BCUT2D eigenvalue weighted by Gasteiger charge is -1.98. The molecule has 0 unspecified atom stereocenters. The lowest BCUT2D eigenvalue weighted by atomic mass is 10.6. The van der Waals surface area contributed by atoms with Gasteiger partial charge in [-0.15, -0.1) is 0 Å². The Hall–Kier alpha value is -1.43. The van der Waals surface area contributed by atoms with E-state index in [0.29, 0.717) is 11.8 Å². The number of imidazole rings is 1. The molecule has 0 fully saturated rings. The highest BCUT2D eigenvalue weighted by molar-refractivity contribution is 9.10. The minimum atomic E-state index is 0.528. The number of aromatic amines is 1. The van der Waals surface area contributed by atoms with Crippen LogP contribution in [0.5, 0.6) is 0 Å². The molecule has 2 N–H and O–H groups in total. The summed E-state index contributed by atoms with van der Waals surface area (Å²) in [6, 6.07) is 0. The zero-order valence-electron chi connectivity index (χ0n) is 7.45. The average Bonchev–Trinajstić information content (AvgIpc) is 2.56. The second-order valence-corrected chi connectivity index (χ2v) is 3.64. The second-order valence-electron chi connectivity index (χ2n) is 2.72. The normalized spacial score (nSPS) is 10.1. The predicted molar refractivity (Wildman–Crippen MR) is 56.3 cm³/mol. The van der Waals surface area contributed by atoms with E-state index in [-0.39, 0.29) is 0 Å². The maximum Gasteiger partial charge on any atom is 0.228 e. The van der Waals surface area contributed by atoms with Crippen molar-refractivity contribution in [1.82, 2.24) is 19.9 Å². The average molecular weight is 254 g/mol. The Morgan fingerprint density at radius 2 is 2.07 bits per heavy atom. The minimum absolute atomic E-state index is 0.528. The summed E-state index contributed by atoms with van der Waals surface area (Å²) in [5, 5.41) is 2.97. The Kier molecular flexibility index (Phi) is 2.45. The first kappa shape index (κ1) is 9.14. The molecule has 72 valence electrons. The maximum absolute atomic E-state index is 4.17. The molecule has 0 saturated heterocycles. The van der Waals surface area contributed by atoms with Gasteiger partial charge in [0.15, 0.2) is 5.82 Å². The summed E-state index contributed by atoms with van der Waals surface area (Å²) in [6.07, 6.45) is 5.12. The van der Waals surface area contributed by atoms with Crippen LogP contribution in [0.15, 0.2) is 23.1 Å². The maximum atomic E-state index is 4.17. The molecule has 0 atom stereocenters. The van der Waals surface area contributed by atoms with Crippen molar-refractivity contribution in [2.45, 2.75) is 6.92 Å². The molecule has 2 aromatic heterocycles. The van der Waals surface area contributed by atoms with Crippen molar-refractivity contribution in [3.8, 4) is 0 Å². The molecule has 0 radical (unpaired) electrons. The highest BCUT2D eigenvalue weighted by Gasteiger charge is 1.99. The van der Waals surface area contributed by atoms with Crippen LogP contribution < -0.4 is 5.32 Å². The molecule has 0 aliphatic rings. The van der Waals surface area contributed by atoms with Gasteiger partial charge >= 0.3 is 0 Å². The molecular weight excluding hydrogens is 246 g/mol. The monoisotopic (exact) mass is 253 g/mol. The molecule has 0 bridgehead atoms. The standard InChI is InChI=1S/C8H8BrN5/c1-5-10-4-7(13-5)14-8-11-2-6(9)3-12-8/h2-4H,1H3,(H,10,13)(H,11,12,14). The number of nitrogens with zero attached hydrogens (tertiary/aromatic N) is 3. The van der Waals surface area contributed by atoms with Crippen LogP contribution in [0.3, 0.4) is 0 Å². The smallest absolute Gasteiger partial charge is 0.228 e. The third-order valence-electron chi connectivity index (χ3n) is 1.57. The molecular formula is C8H8BrN5. The third-order valence-corrected chi connectivity index (χ3v) is 1.98. The fourth-order valence-corrected chi connectivity index (χ4v) is 1.18. The van der Waals surface area contributed by atoms with Crippen molar-refractivity contribution in [2.75, 3.05) is 5.32 Å². The van der Waals surface area contributed by atoms with Gasteiger partial charge in [0.05, 0.1) is 4.47 Å². The van der Waals surface area contributed by atoms with Crippen LogP contribution in [-0.2, 0) is 0 Å². The highest BCUT2D eigenvalue weighted by Crippen LogP contribution is 2.11. The molecule has 0 aliphatic heterocycles. The van der Waals surface area contributed by atoms with E-state index in [1.54, 1.807) is 18.6 Å². The fraction of sp³-hybridized carbons (Fsp3) is 0.125. The largest absolute Gasteiger partial charge is 0.347 e. The molecule has 6 heteroatoms. The number of H-pyrrole nitrogens is 1. The molecule has 2 rings (SSSR count). The number of halogens is 1. The molecule has 0 aromatic carbocycles. The van der Waals surface area contributed by atoms with Crippen molar-refractivity contribution in [1.29, 1.82) is 0 Å². The first-order valence-electron chi connectivity index (χ1n) is 4.00. The summed E-state index contributed by atoms with van der Waals surface area (Å²) in [5.74, 6) is 2.09. The predicted octanol–water partition coefficient (Wildman–Crippen LogP) is 2.01. The molecule has 0 aliphatic carbocycles. The first-order valence-corrected chi connectivity index (χ1v) is 4.80. The lowest BCUT2D eigenvalue weighted by Crippen LogP contribution is -1.96. The van der Waals surface area contributed by atoms with Crippen molar-refractivity contribution >= 4 is 27.7 Å². The molecule has 2 heterocycles. The van der Waals surface area contributed by atoms with Gasteiger partial charge in [-0.2, -0.15) is 0 Å². The minimum Gasteiger partial charge on any atom is -0.347 e. The van der Waals surface area contributed by atoms with Crippen molar-refractivity contribution in [2.24, 2.45) is 0 Å². The van der Waals surface area contributed by atoms with Gasteiger partial charge in [-0.05, 0) is 22.9 Å². The summed E-state index contributed by atoms with van der Waals surface area (Å²) < 4.78 is 0.848. The van der Waals surface area contributed by atoms with E-state index >= 15 is 0 Å². The Morgan fingerprint density at radius 3 is 2.64 bits per heavy atom. The number of nitrogens with one attached hydrogen (secondary N) is 2. The topological polar surface area (TPSA) is 66.5 Å². The number of hydrogen-bond acceptors (Lipinski definition) is 4. The first-order chi connectivity index (χ1) is 6.74. The number of aryl methyl sites for hydroxylation is 1.